The highest BCUT2D eigenvalue weighted by Gasteiger charge is 2.37. The molecule has 1 N–H and O–H groups in total. The van der Waals surface area contributed by atoms with Gasteiger partial charge in [-0.15, -0.1) is 0 Å². The molecule has 2 aliphatic rings. The Labute approximate surface area is 123 Å². The van der Waals surface area contributed by atoms with Gasteiger partial charge in [0.1, 0.15) is 6.10 Å². The molecule has 1 amide bonds. The van der Waals surface area contributed by atoms with Gasteiger partial charge in [-0.1, -0.05) is 27.2 Å². The molecule has 0 spiro atoms. The van der Waals surface area contributed by atoms with Crippen molar-refractivity contribution in [3.05, 3.63) is 0 Å². The first-order valence-corrected chi connectivity index (χ1v) is 8.31. The Morgan fingerprint density at radius 3 is 2.75 bits per heavy atom. The molecule has 20 heavy (non-hydrogen) atoms. The van der Waals surface area contributed by atoms with Crippen molar-refractivity contribution in [1.82, 2.24) is 10.2 Å². The summed E-state index contributed by atoms with van der Waals surface area (Å²) in [4.78, 5) is 14.6. The number of amides is 1. The SMILES string of the molecule is CCCNC1CCN(C(=O)C2OCCC2C)CC1CC. The topological polar surface area (TPSA) is 41.6 Å². The molecule has 4 atom stereocenters. The average molecular weight is 282 g/mol. The summed E-state index contributed by atoms with van der Waals surface area (Å²) < 4.78 is 5.63. The minimum Gasteiger partial charge on any atom is -0.368 e. The Balaban J connectivity index is 1.90. The summed E-state index contributed by atoms with van der Waals surface area (Å²) in [5.74, 6) is 1.18. The van der Waals surface area contributed by atoms with Gasteiger partial charge >= 0.3 is 0 Å². The lowest BCUT2D eigenvalue weighted by Gasteiger charge is -2.40. The minimum absolute atomic E-state index is 0.187. The lowest BCUT2D eigenvalue weighted by Crippen LogP contribution is -2.53. The van der Waals surface area contributed by atoms with Crippen molar-refractivity contribution in [3.8, 4) is 0 Å². The third-order valence-corrected chi connectivity index (χ3v) is 4.86. The summed E-state index contributed by atoms with van der Waals surface area (Å²) in [6.45, 7) is 10.1. The third kappa shape index (κ3) is 3.53. The highest BCUT2D eigenvalue weighted by atomic mass is 16.5. The summed E-state index contributed by atoms with van der Waals surface area (Å²) in [5.41, 5.74) is 0. The number of ether oxygens (including phenoxy) is 1. The molecule has 2 aliphatic heterocycles. The highest BCUT2D eigenvalue weighted by molar-refractivity contribution is 5.81. The van der Waals surface area contributed by atoms with Gasteiger partial charge in [0.2, 0.25) is 0 Å². The summed E-state index contributed by atoms with van der Waals surface area (Å²) in [5, 5.41) is 3.64. The number of nitrogens with one attached hydrogen (secondary N) is 1. The fraction of sp³-hybridized carbons (Fsp3) is 0.938. The number of nitrogens with zero attached hydrogens (tertiary/aromatic N) is 1. The molecule has 0 aromatic rings. The van der Waals surface area contributed by atoms with Crippen LogP contribution in [0.5, 0.6) is 0 Å². The molecule has 4 heteroatoms. The zero-order chi connectivity index (χ0) is 14.5. The van der Waals surface area contributed by atoms with Crippen LogP contribution in [0.15, 0.2) is 0 Å². The molecule has 116 valence electrons. The van der Waals surface area contributed by atoms with Crippen LogP contribution in [0.1, 0.15) is 46.5 Å². The van der Waals surface area contributed by atoms with E-state index < -0.39 is 0 Å². The zero-order valence-electron chi connectivity index (χ0n) is 13.2. The van der Waals surface area contributed by atoms with Gasteiger partial charge in [-0.25, -0.2) is 0 Å². The van der Waals surface area contributed by atoms with Crippen LogP contribution < -0.4 is 5.32 Å². The van der Waals surface area contributed by atoms with Crippen LogP contribution in [0.25, 0.3) is 0 Å². The van der Waals surface area contributed by atoms with E-state index in [1.54, 1.807) is 0 Å². The maximum atomic E-state index is 12.6. The van der Waals surface area contributed by atoms with Gasteiger partial charge in [0.05, 0.1) is 0 Å². The molecular weight excluding hydrogens is 252 g/mol. The zero-order valence-corrected chi connectivity index (χ0v) is 13.2. The summed E-state index contributed by atoms with van der Waals surface area (Å²) >= 11 is 0. The van der Waals surface area contributed by atoms with E-state index in [2.05, 4.69) is 26.1 Å². The van der Waals surface area contributed by atoms with Crippen LogP contribution in [0.2, 0.25) is 0 Å². The summed E-state index contributed by atoms with van der Waals surface area (Å²) in [7, 11) is 0. The standard InChI is InChI=1S/C16H30N2O2/c1-4-8-17-14-6-9-18(11-13(14)5-2)16(19)15-12(3)7-10-20-15/h12-15,17H,4-11H2,1-3H3. The lowest BCUT2D eigenvalue weighted by molar-refractivity contribution is -0.144. The first kappa shape index (κ1) is 15.8. The number of carbonyl (C=O) groups is 1. The van der Waals surface area contributed by atoms with Crippen LogP contribution in [-0.4, -0.2) is 49.2 Å². The Morgan fingerprint density at radius 2 is 2.15 bits per heavy atom. The van der Waals surface area contributed by atoms with Crippen LogP contribution in [0, 0.1) is 11.8 Å². The van der Waals surface area contributed by atoms with E-state index in [-0.39, 0.29) is 12.0 Å². The summed E-state index contributed by atoms with van der Waals surface area (Å²) in [6, 6.07) is 0.575. The minimum atomic E-state index is -0.187. The van der Waals surface area contributed by atoms with Crippen molar-refractivity contribution in [3.63, 3.8) is 0 Å². The molecule has 0 bridgehead atoms. The van der Waals surface area contributed by atoms with Gasteiger partial charge in [0.15, 0.2) is 0 Å². The van der Waals surface area contributed by atoms with Crippen molar-refractivity contribution in [2.24, 2.45) is 11.8 Å². The molecule has 0 saturated carbocycles. The Hall–Kier alpha value is -0.610. The van der Waals surface area contributed by atoms with E-state index in [1.807, 2.05) is 4.90 Å². The summed E-state index contributed by atoms with van der Waals surface area (Å²) in [6.07, 6.45) is 4.20. The maximum absolute atomic E-state index is 12.6. The lowest BCUT2D eigenvalue weighted by atomic mass is 9.89. The van der Waals surface area contributed by atoms with Gasteiger partial charge in [-0.3, -0.25) is 4.79 Å². The van der Waals surface area contributed by atoms with Crippen molar-refractivity contribution < 1.29 is 9.53 Å². The van der Waals surface area contributed by atoms with Crippen molar-refractivity contribution in [2.45, 2.75) is 58.6 Å². The molecule has 0 aliphatic carbocycles. The molecule has 2 fully saturated rings. The Morgan fingerprint density at radius 1 is 1.35 bits per heavy atom. The second-order valence-corrected chi connectivity index (χ2v) is 6.36. The van der Waals surface area contributed by atoms with Gasteiger partial charge in [-0.05, 0) is 37.6 Å². The largest absolute Gasteiger partial charge is 0.368 e. The molecule has 4 unspecified atom stereocenters. The first-order chi connectivity index (χ1) is 9.67. The third-order valence-electron chi connectivity index (χ3n) is 4.86. The normalized spacial score (nSPS) is 34.5. The number of rotatable bonds is 5. The number of hydrogen-bond acceptors (Lipinski definition) is 3. The highest BCUT2D eigenvalue weighted by Crippen LogP contribution is 2.26. The molecule has 2 heterocycles. The van der Waals surface area contributed by atoms with Crippen LogP contribution >= 0.6 is 0 Å². The Kier molecular flexibility index (Phi) is 5.85. The van der Waals surface area contributed by atoms with E-state index in [9.17, 15) is 4.79 Å². The smallest absolute Gasteiger partial charge is 0.251 e. The van der Waals surface area contributed by atoms with E-state index in [0.29, 0.717) is 17.9 Å². The molecule has 0 radical (unpaired) electrons. The number of piperidine rings is 1. The molecular formula is C16H30N2O2. The van der Waals surface area contributed by atoms with Crippen LogP contribution in [0.3, 0.4) is 0 Å². The molecule has 4 nitrogen and oxygen atoms in total. The second-order valence-electron chi connectivity index (χ2n) is 6.36. The first-order valence-electron chi connectivity index (χ1n) is 8.31. The van der Waals surface area contributed by atoms with E-state index in [0.717, 1.165) is 45.5 Å². The predicted octanol–water partition coefficient (Wildman–Crippen LogP) is 2.04. The molecule has 2 rings (SSSR count). The van der Waals surface area contributed by atoms with Gasteiger partial charge in [0, 0.05) is 25.7 Å². The number of carbonyl (C=O) groups excluding carboxylic acids is 1. The van der Waals surface area contributed by atoms with Crippen molar-refractivity contribution >= 4 is 5.91 Å². The van der Waals surface area contributed by atoms with Crippen LogP contribution in [0.4, 0.5) is 0 Å². The van der Waals surface area contributed by atoms with Crippen LogP contribution in [-0.2, 0) is 9.53 Å². The van der Waals surface area contributed by atoms with Gasteiger partial charge in [-0.2, -0.15) is 0 Å². The van der Waals surface area contributed by atoms with E-state index in [4.69, 9.17) is 4.74 Å². The predicted molar refractivity (Wildman–Crippen MR) is 80.6 cm³/mol. The van der Waals surface area contributed by atoms with E-state index in [1.165, 1.54) is 6.42 Å². The van der Waals surface area contributed by atoms with Gasteiger partial charge in [0.25, 0.3) is 5.91 Å². The number of hydrogen-bond donors (Lipinski definition) is 1. The average Bonchev–Trinajstić information content (AvgIpc) is 2.90. The van der Waals surface area contributed by atoms with Crippen molar-refractivity contribution in [1.29, 1.82) is 0 Å². The number of likely N-dealkylation sites (tertiary alicyclic amines) is 1. The fourth-order valence-electron chi connectivity index (χ4n) is 3.44. The molecule has 2 saturated heterocycles. The second kappa shape index (κ2) is 7.41. The van der Waals surface area contributed by atoms with Gasteiger partial charge < -0.3 is 15.0 Å². The molecule has 0 aromatic carbocycles. The van der Waals surface area contributed by atoms with Crippen molar-refractivity contribution in [2.75, 3.05) is 26.2 Å². The maximum Gasteiger partial charge on any atom is 0.251 e. The monoisotopic (exact) mass is 282 g/mol. The Bertz CT molecular complexity index is 322. The molecule has 0 aromatic heterocycles. The fourth-order valence-corrected chi connectivity index (χ4v) is 3.44. The van der Waals surface area contributed by atoms with E-state index >= 15 is 0 Å². The quantitative estimate of drug-likeness (QED) is 0.839.